The number of rotatable bonds is 6. The minimum absolute atomic E-state index is 0.294. The number of ether oxygens (including phenoxy) is 1. The van der Waals surface area contributed by atoms with Crippen molar-refractivity contribution in [2.75, 3.05) is 19.0 Å². The number of likely N-dealkylation sites (tertiary alicyclic amines) is 1. The number of methoxy groups -OCH3 is 1. The molecule has 27 heavy (non-hydrogen) atoms. The van der Waals surface area contributed by atoms with Gasteiger partial charge in [0.2, 0.25) is 5.95 Å². The van der Waals surface area contributed by atoms with Gasteiger partial charge in [-0.05, 0) is 43.1 Å². The zero-order chi connectivity index (χ0) is 18.5. The molecule has 0 saturated carbocycles. The third-order valence-electron chi connectivity index (χ3n) is 4.74. The molecule has 1 aliphatic heterocycles. The van der Waals surface area contributed by atoms with E-state index in [1.807, 2.05) is 18.2 Å². The molecular formula is C20H22N6O. The number of nitrogens with one attached hydrogen (secondary N) is 1. The van der Waals surface area contributed by atoms with Gasteiger partial charge in [-0.25, -0.2) is 19.9 Å². The summed E-state index contributed by atoms with van der Waals surface area (Å²) in [6.45, 7) is 1.96. The molecule has 1 aromatic carbocycles. The lowest BCUT2D eigenvalue weighted by Crippen LogP contribution is -2.23. The van der Waals surface area contributed by atoms with Gasteiger partial charge >= 0.3 is 0 Å². The molecule has 1 aliphatic rings. The van der Waals surface area contributed by atoms with E-state index in [9.17, 15) is 0 Å². The Morgan fingerprint density at radius 1 is 1.15 bits per heavy atom. The van der Waals surface area contributed by atoms with Crippen LogP contribution in [-0.2, 0) is 6.54 Å². The van der Waals surface area contributed by atoms with Gasteiger partial charge in [0.15, 0.2) is 0 Å². The summed E-state index contributed by atoms with van der Waals surface area (Å²) < 4.78 is 5.25. The van der Waals surface area contributed by atoms with Crippen molar-refractivity contribution in [3.63, 3.8) is 0 Å². The smallest absolute Gasteiger partial charge is 0.227 e. The molecule has 138 valence electrons. The first-order valence-corrected chi connectivity index (χ1v) is 9.04. The second kappa shape index (κ2) is 8.09. The van der Waals surface area contributed by atoms with Crippen molar-refractivity contribution in [1.82, 2.24) is 24.8 Å². The maximum absolute atomic E-state index is 5.25. The van der Waals surface area contributed by atoms with Gasteiger partial charge in [-0.15, -0.1) is 0 Å². The summed E-state index contributed by atoms with van der Waals surface area (Å²) in [7, 11) is 1.69. The van der Waals surface area contributed by atoms with Gasteiger partial charge in [0.25, 0.3) is 0 Å². The van der Waals surface area contributed by atoms with E-state index in [4.69, 9.17) is 9.72 Å². The van der Waals surface area contributed by atoms with Gasteiger partial charge in [-0.3, -0.25) is 4.90 Å². The maximum atomic E-state index is 5.25. The van der Waals surface area contributed by atoms with E-state index in [2.05, 4.69) is 37.3 Å². The van der Waals surface area contributed by atoms with Gasteiger partial charge in [-0.1, -0.05) is 12.1 Å². The van der Waals surface area contributed by atoms with Crippen LogP contribution in [0.25, 0.3) is 0 Å². The van der Waals surface area contributed by atoms with E-state index in [0.29, 0.717) is 12.0 Å². The molecule has 7 heteroatoms. The Kier molecular flexibility index (Phi) is 5.20. The van der Waals surface area contributed by atoms with Crippen LogP contribution in [0.2, 0.25) is 0 Å². The third kappa shape index (κ3) is 4.20. The fourth-order valence-corrected chi connectivity index (χ4v) is 3.43. The Hall–Kier alpha value is -3.06. The van der Waals surface area contributed by atoms with Crippen LogP contribution >= 0.6 is 0 Å². The quantitative estimate of drug-likeness (QED) is 0.720. The van der Waals surface area contributed by atoms with Crippen LogP contribution < -0.4 is 10.1 Å². The Bertz CT molecular complexity index is 871. The molecule has 1 saturated heterocycles. The summed E-state index contributed by atoms with van der Waals surface area (Å²) >= 11 is 0. The third-order valence-corrected chi connectivity index (χ3v) is 4.74. The summed E-state index contributed by atoms with van der Waals surface area (Å²) in [5, 5.41) is 3.17. The second-order valence-corrected chi connectivity index (χ2v) is 6.53. The molecule has 1 N–H and O–H groups in total. The van der Waals surface area contributed by atoms with Crippen LogP contribution in [0.5, 0.6) is 5.75 Å². The van der Waals surface area contributed by atoms with Crippen molar-refractivity contribution in [3.8, 4) is 5.75 Å². The van der Waals surface area contributed by atoms with Crippen molar-refractivity contribution < 1.29 is 4.74 Å². The predicted molar refractivity (Wildman–Crippen MR) is 103 cm³/mol. The molecule has 3 aromatic rings. The molecule has 0 amide bonds. The first-order chi connectivity index (χ1) is 13.3. The molecule has 0 spiro atoms. The molecule has 4 rings (SSSR count). The summed E-state index contributed by atoms with van der Waals surface area (Å²) in [4.78, 5) is 19.5. The lowest BCUT2D eigenvalue weighted by atomic mass is 10.1. The van der Waals surface area contributed by atoms with Crippen LogP contribution in [0.1, 0.15) is 30.1 Å². The zero-order valence-corrected chi connectivity index (χ0v) is 15.2. The van der Waals surface area contributed by atoms with Gasteiger partial charge in [0.1, 0.15) is 12.1 Å². The number of aromatic nitrogens is 4. The lowest BCUT2D eigenvalue weighted by molar-refractivity contribution is 0.244. The molecule has 0 aliphatic carbocycles. The van der Waals surface area contributed by atoms with Crippen molar-refractivity contribution in [1.29, 1.82) is 0 Å². The van der Waals surface area contributed by atoms with E-state index in [1.165, 1.54) is 18.3 Å². The minimum atomic E-state index is 0.294. The Morgan fingerprint density at radius 2 is 1.96 bits per heavy atom. The predicted octanol–water partition coefficient (Wildman–Crippen LogP) is 3.36. The van der Waals surface area contributed by atoms with E-state index in [0.717, 1.165) is 36.6 Å². The Labute approximate surface area is 158 Å². The first-order valence-electron chi connectivity index (χ1n) is 9.04. The highest BCUT2D eigenvalue weighted by Crippen LogP contribution is 2.32. The topological polar surface area (TPSA) is 76.1 Å². The number of benzene rings is 1. The summed E-state index contributed by atoms with van der Waals surface area (Å²) in [5.41, 5.74) is 3.09. The fraction of sp³-hybridized carbons (Fsp3) is 0.300. The average molecular weight is 362 g/mol. The van der Waals surface area contributed by atoms with Gasteiger partial charge in [-0.2, -0.15) is 0 Å². The van der Waals surface area contributed by atoms with E-state index < -0.39 is 0 Å². The highest BCUT2D eigenvalue weighted by molar-refractivity contribution is 5.49. The SMILES string of the molecule is COc1ccc(CN2CCCC2c2ccnc(Nc3cncnc3)n2)cc1. The van der Waals surface area contributed by atoms with Crippen molar-refractivity contribution in [2.45, 2.75) is 25.4 Å². The normalized spacial score (nSPS) is 17.0. The molecule has 7 nitrogen and oxygen atoms in total. The molecule has 1 fully saturated rings. The maximum Gasteiger partial charge on any atom is 0.227 e. The molecule has 3 heterocycles. The number of anilines is 2. The number of nitrogens with zero attached hydrogens (tertiary/aromatic N) is 5. The highest BCUT2D eigenvalue weighted by Gasteiger charge is 2.27. The molecule has 0 bridgehead atoms. The van der Waals surface area contributed by atoms with Crippen molar-refractivity contribution in [2.24, 2.45) is 0 Å². The largest absolute Gasteiger partial charge is 0.497 e. The molecule has 1 unspecified atom stereocenters. The average Bonchev–Trinajstić information content (AvgIpc) is 3.18. The van der Waals surface area contributed by atoms with Crippen LogP contribution in [0.15, 0.2) is 55.2 Å². The summed E-state index contributed by atoms with van der Waals surface area (Å²) in [5.74, 6) is 1.45. The van der Waals surface area contributed by atoms with Crippen LogP contribution in [0.3, 0.4) is 0 Å². The number of hydrogen-bond acceptors (Lipinski definition) is 7. The first kappa shape index (κ1) is 17.4. The summed E-state index contributed by atoms with van der Waals surface area (Å²) in [6.07, 6.45) is 8.97. The van der Waals surface area contributed by atoms with Crippen LogP contribution in [0, 0.1) is 0 Å². The second-order valence-electron chi connectivity index (χ2n) is 6.53. The Morgan fingerprint density at radius 3 is 2.74 bits per heavy atom. The van der Waals surface area contributed by atoms with E-state index >= 15 is 0 Å². The molecular weight excluding hydrogens is 340 g/mol. The molecule has 0 radical (unpaired) electrons. The van der Waals surface area contributed by atoms with Crippen LogP contribution in [0.4, 0.5) is 11.6 Å². The number of hydrogen-bond donors (Lipinski definition) is 1. The van der Waals surface area contributed by atoms with Gasteiger partial charge in [0.05, 0.1) is 36.9 Å². The zero-order valence-electron chi connectivity index (χ0n) is 15.2. The standard InChI is InChI=1S/C20H22N6O/c1-27-17-6-4-15(5-7-17)13-26-10-2-3-19(26)18-8-9-23-20(25-18)24-16-11-21-14-22-12-16/h4-9,11-12,14,19H,2-3,10,13H2,1H3,(H,23,24,25). The minimum Gasteiger partial charge on any atom is -0.497 e. The molecule has 2 aromatic heterocycles. The van der Waals surface area contributed by atoms with Gasteiger partial charge < -0.3 is 10.1 Å². The highest BCUT2D eigenvalue weighted by atomic mass is 16.5. The van der Waals surface area contributed by atoms with Crippen molar-refractivity contribution >= 4 is 11.6 Å². The Balaban J connectivity index is 1.48. The molecule has 1 atom stereocenters. The van der Waals surface area contributed by atoms with Gasteiger partial charge in [0, 0.05) is 12.7 Å². The summed E-state index contributed by atoms with van der Waals surface area (Å²) in [6, 6.07) is 10.6. The fourth-order valence-electron chi connectivity index (χ4n) is 3.43. The van der Waals surface area contributed by atoms with E-state index in [-0.39, 0.29) is 0 Å². The van der Waals surface area contributed by atoms with Crippen LogP contribution in [-0.4, -0.2) is 38.5 Å². The lowest BCUT2D eigenvalue weighted by Gasteiger charge is -2.24. The van der Waals surface area contributed by atoms with Crippen molar-refractivity contribution in [3.05, 3.63) is 66.5 Å². The van der Waals surface area contributed by atoms with E-state index in [1.54, 1.807) is 25.7 Å². The monoisotopic (exact) mass is 362 g/mol.